The summed E-state index contributed by atoms with van der Waals surface area (Å²) < 4.78 is 2.40. The van der Waals surface area contributed by atoms with Gasteiger partial charge in [-0.2, -0.15) is 0 Å². The maximum absolute atomic E-state index is 4.60. The summed E-state index contributed by atoms with van der Waals surface area (Å²) in [5.74, 6) is 0.953. The Kier molecular flexibility index (Phi) is 3.96. The molecule has 0 saturated carbocycles. The van der Waals surface area contributed by atoms with Crippen LogP contribution in [-0.2, 0) is 0 Å². The van der Waals surface area contributed by atoms with E-state index in [4.69, 9.17) is 0 Å². The van der Waals surface area contributed by atoms with E-state index in [1.165, 1.54) is 10.3 Å². The van der Waals surface area contributed by atoms with Crippen LogP contribution in [-0.4, -0.2) is 10.7 Å². The Hall–Kier alpha value is -1.58. The smallest absolute Gasteiger partial charge is 0.151 e. The highest BCUT2D eigenvalue weighted by Crippen LogP contribution is 2.29. The molecule has 0 bridgehead atoms. The molecule has 1 nitrogen and oxygen atoms in total. The van der Waals surface area contributed by atoms with Crippen molar-refractivity contribution in [1.82, 2.24) is 4.98 Å². The van der Waals surface area contributed by atoms with E-state index in [-0.39, 0.29) is 0 Å². The van der Waals surface area contributed by atoms with Crippen LogP contribution in [0.1, 0.15) is 5.56 Å². The largest absolute Gasteiger partial charge is 0.230 e. The zero-order valence-electron chi connectivity index (χ0n) is 10.3. The molecule has 1 aromatic heterocycles. The molecule has 0 saturated heterocycles. The van der Waals surface area contributed by atoms with Crippen molar-refractivity contribution >= 4 is 39.4 Å². The lowest BCUT2D eigenvalue weighted by Crippen LogP contribution is -1.73. The van der Waals surface area contributed by atoms with E-state index in [9.17, 15) is 0 Å². The van der Waals surface area contributed by atoms with Gasteiger partial charge in [0.2, 0.25) is 0 Å². The summed E-state index contributed by atoms with van der Waals surface area (Å²) >= 11 is 3.55. The molecular formula is C16H13NS2. The Morgan fingerprint density at radius 2 is 1.79 bits per heavy atom. The number of thiazole rings is 1. The van der Waals surface area contributed by atoms with Gasteiger partial charge in [0.25, 0.3) is 0 Å². The summed E-state index contributed by atoms with van der Waals surface area (Å²) in [5.41, 5.74) is 2.34. The fraction of sp³-hybridized carbons (Fsp3) is 0.0625. The van der Waals surface area contributed by atoms with Crippen molar-refractivity contribution in [1.29, 1.82) is 0 Å². The van der Waals surface area contributed by atoms with Crippen molar-refractivity contribution in [2.24, 2.45) is 0 Å². The Morgan fingerprint density at radius 3 is 2.63 bits per heavy atom. The second kappa shape index (κ2) is 6.04. The van der Waals surface area contributed by atoms with Crippen molar-refractivity contribution in [3.8, 4) is 0 Å². The van der Waals surface area contributed by atoms with Crippen LogP contribution < -0.4 is 0 Å². The molecule has 0 spiro atoms. The summed E-state index contributed by atoms with van der Waals surface area (Å²) in [6, 6.07) is 18.6. The minimum Gasteiger partial charge on any atom is -0.230 e. The van der Waals surface area contributed by atoms with Crippen molar-refractivity contribution < 1.29 is 0 Å². The van der Waals surface area contributed by atoms with E-state index in [1.807, 2.05) is 12.1 Å². The molecular weight excluding hydrogens is 270 g/mol. The van der Waals surface area contributed by atoms with E-state index in [2.05, 4.69) is 59.6 Å². The molecule has 3 heteroatoms. The molecule has 0 unspecified atom stereocenters. The number of hydrogen-bond donors (Lipinski definition) is 0. The molecule has 0 aliphatic carbocycles. The van der Waals surface area contributed by atoms with Gasteiger partial charge in [0, 0.05) is 5.75 Å². The lowest BCUT2D eigenvalue weighted by molar-refractivity contribution is 1.30. The maximum atomic E-state index is 4.60. The van der Waals surface area contributed by atoms with Gasteiger partial charge in [-0.3, -0.25) is 0 Å². The van der Waals surface area contributed by atoms with E-state index < -0.39 is 0 Å². The van der Waals surface area contributed by atoms with Gasteiger partial charge in [-0.1, -0.05) is 66.4 Å². The second-order valence-electron chi connectivity index (χ2n) is 4.07. The molecule has 0 atom stereocenters. The van der Waals surface area contributed by atoms with Crippen LogP contribution in [0.15, 0.2) is 65.0 Å². The number of rotatable bonds is 4. The van der Waals surface area contributed by atoms with Gasteiger partial charge in [0.1, 0.15) is 0 Å². The summed E-state index contributed by atoms with van der Waals surface area (Å²) in [5, 5.41) is 0. The average Bonchev–Trinajstić information content (AvgIpc) is 2.87. The van der Waals surface area contributed by atoms with E-state index >= 15 is 0 Å². The first kappa shape index (κ1) is 12.5. The van der Waals surface area contributed by atoms with Crippen LogP contribution in [0.4, 0.5) is 0 Å². The highest BCUT2D eigenvalue weighted by molar-refractivity contribution is 8.01. The summed E-state index contributed by atoms with van der Waals surface area (Å²) in [7, 11) is 0. The first-order valence-electron chi connectivity index (χ1n) is 6.12. The molecule has 1 heterocycles. The number of benzene rings is 2. The van der Waals surface area contributed by atoms with Crippen LogP contribution in [0.5, 0.6) is 0 Å². The van der Waals surface area contributed by atoms with Gasteiger partial charge in [-0.25, -0.2) is 4.98 Å². The highest BCUT2D eigenvalue weighted by Gasteiger charge is 2.01. The number of aromatic nitrogens is 1. The Morgan fingerprint density at radius 1 is 1.00 bits per heavy atom. The van der Waals surface area contributed by atoms with Gasteiger partial charge in [-0.15, -0.1) is 11.3 Å². The molecule has 0 aliphatic heterocycles. The molecule has 0 amide bonds. The summed E-state index contributed by atoms with van der Waals surface area (Å²) in [6.07, 6.45) is 4.34. The van der Waals surface area contributed by atoms with Gasteiger partial charge in [0.15, 0.2) is 4.34 Å². The fourth-order valence-electron chi connectivity index (χ4n) is 1.78. The van der Waals surface area contributed by atoms with Crippen molar-refractivity contribution in [3.63, 3.8) is 0 Å². The Balaban J connectivity index is 1.62. The predicted octanol–water partition coefficient (Wildman–Crippen LogP) is 5.10. The zero-order chi connectivity index (χ0) is 12.9. The molecule has 19 heavy (non-hydrogen) atoms. The third-order valence-electron chi connectivity index (χ3n) is 2.69. The van der Waals surface area contributed by atoms with Gasteiger partial charge >= 0.3 is 0 Å². The quantitative estimate of drug-likeness (QED) is 0.618. The minimum atomic E-state index is 0.953. The first-order chi connectivity index (χ1) is 9.42. The third kappa shape index (κ3) is 3.25. The Bertz CT molecular complexity index is 653. The first-order valence-corrected chi connectivity index (χ1v) is 7.92. The normalized spacial score (nSPS) is 11.4. The number of hydrogen-bond acceptors (Lipinski definition) is 3. The molecule has 3 rings (SSSR count). The number of fused-ring (bicyclic) bond motifs is 1. The van der Waals surface area contributed by atoms with Crippen LogP contribution in [0, 0.1) is 0 Å². The SMILES string of the molecule is C(=Cc1ccccc1)CSc1nc2ccccc2s1. The summed E-state index contributed by atoms with van der Waals surface area (Å²) in [6.45, 7) is 0. The summed E-state index contributed by atoms with van der Waals surface area (Å²) in [4.78, 5) is 4.60. The minimum absolute atomic E-state index is 0.953. The monoisotopic (exact) mass is 283 g/mol. The van der Waals surface area contributed by atoms with E-state index in [0.717, 1.165) is 15.6 Å². The zero-order valence-corrected chi connectivity index (χ0v) is 12.0. The van der Waals surface area contributed by atoms with E-state index in [0.29, 0.717) is 0 Å². The third-order valence-corrected chi connectivity index (χ3v) is 4.82. The van der Waals surface area contributed by atoms with Crippen molar-refractivity contribution in [2.75, 3.05) is 5.75 Å². The van der Waals surface area contributed by atoms with Gasteiger partial charge in [0.05, 0.1) is 10.2 Å². The van der Waals surface area contributed by atoms with Crippen LogP contribution >= 0.6 is 23.1 Å². The highest BCUT2D eigenvalue weighted by atomic mass is 32.2. The molecule has 0 fully saturated rings. The molecule has 94 valence electrons. The van der Waals surface area contributed by atoms with Crippen LogP contribution in [0.25, 0.3) is 16.3 Å². The standard InChI is InChI=1S/C16H13NS2/c1-2-7-13(8-3-1)9-6-12-18-16-17-14-10-4-5-11-15(14)19-16/h1-11H,12H2. The number of para-hydroxylation sites is 1. The van der Waals surface area contributed by atoms with Crippen molar-refractivity contribution in [2.45, 2.75) is 4.34 Å². The number of thioether (sulfide) groups is 1. The lowest BCUT2D eigenvalue weighted by atomic mass is 10.2. The molecule has 3 aromatic rings. The average molecular weight is 283 g/mol. The second-order valence-corrected chi connectivity index (χ2v) is 6.37. The van der Waals surface area contributed by atoms with Gasteiger partial charge < -0.3 is 0 Å². The molecule has 0 radical (unpaired) electrons. The Labute approximate surface area is 121 Å². The van der Waals surface area contributed by atoms with Crippen LogP contribution in [0.2, 0.25) is 0 Å². The van der Waals surface area contributed by atoms with Crippen molar-refractivity contribution in [3.05, 3.63) is 66.2 Å². The van der Waals surface area contributed by atoms with Gasteiger partial charge in [-0.05, 0) is 17.7 Å². The molecule has 2 aromatic carbocycles. The van der Waals surface area contributed by atoms with Crippen LogP contribution in [0.3, 0.4) is 0 Å². The molecule has 0 aliphatic rings. The number of nitrogens with zero attached hydrogens (tertiary/aromatic N) is 1. The lowest BCUT2D eigenvalue weighted by Gasteiger charge is -1.92. The predicted molar refractivity (Wildman–Crippen MR) is 85.8 cm³/mol. The topological polar surface area (TPSA) is 12.9 Å². The molecule has 0 N–H and O–H groups in total. The fourth-order valence-corrected chi connectivity index (χ4v) is 3.68. The maximum Gasteiger partial charge on any atom is 0.151 e. The van der Waals surface area contributed by atoms with E-state index in [1.54, 1.807) is 23.1 Å².